The molecule has 9 heteroatoms. The van der Waals surface area contributed by atoms with E-state index in [9.17, 15) is 9.59 Å². The molecule has 3 rings (SSSR count). The van der Waals surface area contributed by atoms with Gasteiger partial charge in [-0.15, -0.1) is 11.3 Å². The molecule has 0 aliphatic carbocycles. The molecule has 0 bridgehead atoms. The number of nitrogens with one attached hydrogen (secondary N) is 1. The molecule has 0 spiro atoms. The van der Waals surface area contributed by atoms with Gasteiger partial charge in [0.15, 0.2) is 22.9 Å². The third-order valence-electron chi connectivity index (χ3n) is 4.11. The van der Waals surface area contributed by atoms with Crippen molar-refractivity contribution in [3.8, 4) is 17.2 Å². The number of aromatic nitrogens is 1. The van der Waals surface area contributed by atoms with E-state index in [4.69, 9.17) is 14.2 Å². The van der Waals surface area contributed by atoms with Crippen molar-refractivity contribution in [2.75, 3.05) is 26.1 Å². The van der Waals surface area contributed by atoms with Crippen LogP contribution in [0.1, 0.15) is 10.4 Å². The fourth-order valence-electron chi connectivity index (χ4n) is 2.58. The second-order valence-corrected chi connectivity index (χ2v) is 6.99. The first kappa shape index (κ1) is 21.1. The van der Waals surface area contributed by atoms with Crippen LogP contribution in [0.4, 0.5) is 5.69 Å². The lowest BCUT2D eigenvalue weighted by Gasteiger charge is -2.13. The number of anilines is 1. The number of methoxy groups -OCH3 is 2. The van der Waals surface area contributed by atoms with E-state index in [1.54, 1.807) is 34.9 Å². The van der Waals surface area contributed by atoms with Gasteiger partial charge in [0.1, 0.15) is 5.75 Å². The molecule has 2 aromatic carbocycles. The Bertz CT molecular complexity index is 1120. The Hall–Kier alpha value is -3.59. The minimum absolute atomic E-state index is 0.239. The Balaban J connectivity index is 1.69. The van der Waals surface area contributed by atoms with Gasteiger partial charge < -0.3 is 24.1 Å². The number of carbonyl (C=O) groups excluding carboxylic acids is 2. The summed E-state index contributed by atoms with van der Waals surface area (Å²) < 4.78 is 17.9. The number of hydrogen-bond acceptors (Lipinski definition) is 6. The van der Waals surface area contributed by atoms with E-state index < -0.39 is 5.91 Å². The lowest BCUT2D eigenvalue weighted by Crippen LogP contribution is -2.20. The number of para-hydroxylation sites is 2. The van der Waals surface area contributed by atoms with Crippen LogP contribution in [0.15, 0.2) is 59.0 Å². The standard InChI is InChI=1S/C21H21N3O5S/c1-24-10-11-30-21(24)23-20(26)14-8-9-17(18(12-14)28-3)29-13-19(25)22-15-6-4-5-7-16(15)27-2/h4-12H,13H2,1-3H3,(H,22,25). The third kappa shape index (κ3) is 5.06. The van der Waals surface area contributed by atoms with Crippen molar-refractivity contribution < 1.29 is 23.8 Å². The van der Waals surface area contributed by atoms with Gasteiger partial charge in [-0.1, -0.05) is 12.1 Å². The molecule has 0 fully saturated rings. The highest BCUT2D eigenvalue weighted by atomic mass is 32.1. The molecular weight excluding hydrogens is 406 g/mol. The van der Waals surface area contributed by atoms with Crippen molar-refractivity contribution in [1.29, 1.82) is 0 Å². The van der Waals surface area contributed by atoms with Gasteiger partial charge in [0, 0.05) is 24.2 Å². The van der Waals surface area contributed by atoms with Crippen molar-refractivity contribution >= 4 is 28.8 Å². The second kappa shape index (κ2) is 9.75. The van der Waals surface area contributed by atoms with Crippen molar-refractivity contribution in [2.24, 2.45) is 12.0 Å². The molecule has 30 heavy (non-hydrogen) atoms. The lowest BCUT2D eigenvalue weighted by atomic mass is 10.2. The highest BCUT2D eigenvalue weighted by molar-refractivity contribution is 7.07. The second-order valence-electron chi connectivity index (χ2n) is 6.12. The van der Waals surface area contributed by atoms with Crippen molar-refractivity contribution in [3.05, 3.63) is 64.4 Å². The van der Waals surface area contributed by atoms with Crippen LogP contribution in [0.3, 0.4) is 0 Å². The molecule has 1 aromatic heterocycles. The molecule has 0 saturated carbocycles. The first-order valence-corrected chi connectivity index (χ1v) is 9.82. The number of benzene rings is 2. The number of nitrogens with zero attached hydrogens (tertiary/aromatic N) is 2. The normalized spacial score (nSPS) is 11.1. The molecular formula is C21H21N3O5S. The number of ether oxygens (including phenoxy) is 3. The summed E-state index contributed by atoms with van der Waals surface area (Å²) in [6.45, 7) is -0.239. The van der Waals surface area contributed by atoms with Crippen molar-refractivity contribution in [1.82, 2.24) is 4.57 Å². The van der Waals surface area contributed by atoms with Crippen LogP contribution in [0.25, 0.3) is 0 Å². The van der Waals surface area contributed by atoms with Crippen molar-refractivity contribution in [2.45, 2.75) is 0 Å². The number of amides is 2. The maximum absolute atomic E-state index is 12.4. The van der Waals surface area contributed by atoms with E-state index in [1.807, 2.05) is 24.7 Å². The predicted octanol–water partition coefficient (Wildman–Crippen LogP) is 2.86. The topological polar surface area (TPSA) is 91.1 Å². The Labute approximate surface area is 177 Å². The highest BCUT2D eigenvalue weighted by Gasteiger charge is 2.13. The van der Waals surface area contributed by atoms with Crippen LogP contribution in [0.5, 0.6) is 17.2 Å². The largest absolute Gasteiger partial charge is 0.495 e. The first-order chi connectivity index (χ1) is 14.5. The molecule has 0 radical (unpaired) electrons. The van der Waals surface area contributed by atoms with E-state index in [0.29, 0.717) is 33.3 Å². The summed E-state index contributed by atoms with van der Waals surface area (Å²) in [6, 6.07) is 11.8. The monoisotopic (exact) mass is 427 g/mol. The number of carbonyl (C=O) groups is 2. The average molecular weight is 427 g/mol. The minimum atomic E-state index is -0.396. The number of rotatable bonds is 7. The maximum atomic E-state index is 12.4. The molecule has 8 nitrogen and oxygen atoms in total. The van der Waals surface area contributed by atoms with Gasteiger partial charge in [-0.2, -0.15) is 4.99 Å². The minimum Gasteiger partial charge on any atom is -0.495 e. The molecule has 1 heterocycles. The van der Waals surface area contributed by atoms with Gasteiger partial charge in [-0.3, -0.25) is 9.59 Å². The molecule has 0 unspecified atom stereocenters. The number of aryl methyl sites for hydroxylation is 1. The van der Waals surface area contributed by atoms with Gasteiger partial charge in [-0.05, 0) is 30.3 Å². The molecule has 3 aromatic rings. The van der Waals surface area contributed by atoms with E-state index in [0.717, 1.165) is 0 Å². The van der Waals surface area contributed by atoms with Crippen LogP contribution < -0.4 is 24.3 Å². The Morgan fingerprint density at radius 1 is 1.07 bits per heavy atom. The average Bonchev–Trinajstić information content (AvgIpc) is 3.16. The van der Waals surface area contributed by atoms with E-state index in [-0.39, 0.29) is 12.5 Å². The zero-order valence-corrected chi connectivity index (χ0v) is 17.6. The molecule has 156 valence electrons. The zero-order chi connectivity index (χ0) is 21.5. The van der Waals surface area contributed by atoms with Gasteiger partial charge >= 0.3 is 0 Å². The summed E-state index contributed by atoms with van der Waals surface area (Å²) in [5.74, 6) is 0.463. The zero-order valence-electron chi connectivity index (χ0n) is 16.7. The van der Waals surface area contributed by atoms with Crippen LogP contribution in [-0.2, 0) is 11.8 Å². The predicted molar refractivity (Wildman–Crippen MR) is 113 cm³/mol. The summed E-state index contributed by atoms with van der Waals surface area (Å²) in [6.07, 6.45) is 1.82. The molecule has 0 atom stereocenters. The molecule has 0 saturated heterocycles. The van der Waals surface area contributed by atoms with Gasteiger partial charge in [0.2, 0.25) is 0 Å². The fourth-order valence-corrected chi connectivity index (χ4v) is 3.31. The summed E-state index contributed by atoms with van der Waals surface area (Å²) in [5, 5.41) is 4.58. The molecule has 0 aliphatic rings. The van der Waals surface area contributed by atoms with Gasteiger partial charge in [0.05, 0.1) is 19.9 Å². The molecule has 0 aliphatic heterocycles. The number of hydrogen-bond donors (Lipinski definition) is 1. The maximum Gasteiger partial charge on any atom is 0.279 e. The molecule has 1 N–H and O–H groups in total. The van der Waals surface area contributed by atoms with Crippen molar-refractivity contribution in [3.63, 3.8) is 0 Å². The Morgan fingerprint density at radius 2 is 1.83 bits per heavy atom. The quantitative estimate of drug-likeness (QED) is 0.626. The SMILES string of the molecule is COc1ccccc1NC(=O)COc1ccc(C(=O)N=c2sccn2C)cc1OC. The van der Waals surface area contributed by atoms with Crippen LogP contribution in [-0.4, -0.2) is 37.2 Å². The highest BCUT2D eigenvalue weighted by Crippen LogP contribution is 2.28. The van der Waals surface area contributed by atoms with Crippen LogP contribution in [0.2, 0.25) is 0 Å². The summed E-state index contributed by atoms with van der Waals surface area (Å²) >= 11 is 1.37. The van der Waals surface area contributed by atoms with Crippen LogP contribution >= 0.6 is 11.3 Å². The summed E-state index contributed by atoms with van der Waals surface area (Å²) in [7, 11) is 4.80. The Kier molecular flexibility index (Phi) is 6.87. The Morgan fingerprint density at radius 3 is 2.53 bits per heavy atom. The van der Waals surface area contributed by atoms with E-state index in [1.165, 1.54) is 31.6 Å². The smallest absolute Gasteiger partial charge is 0.279 e. The van der Waals surface area contributed by atoms with E-state index in [2.05, 4.69) is 10.3 Å². The van der Waals surface area contributed by atoms with Crippen LogP contribution in [0, 0.1) is 0 Å². The van der Waals surface area contributed by atoms with E-state index >= 15 is 0 Å². The molecule has 2 amide bonds. The third-order valence-corrected chi connectivity index (χ3v) is 4.96. The lowest BCUT2D eigenvalue weighted by molar-refractivity contribution is -0.118. The first-order valence-electron chi connectivity index (χ1n) is 8.94. The van der Waals surface area contributed by atoms with Gasteiger partial charge in [-0.25, -0.2) is 0 Å². The summed E-state index contributed by atoms with van der Waals surface area (Å²) in [4.78, 5) is 29.4. The number of thiazole rings is 1. The fraction of sp³-hybridized carbons (Fsp3) is 0.190. The van der Waals surface area contributed by atoms with Gasteiger partial charge in [0.25, 0.3) is 11.8 Å². The summed E-state index contributed by atoms with van der Waals surface area (Å²) in [5.41, 5.74) is 0.899.